The van der Waals surface area contributed by atoms with E-state index in [2.05, 4.69) is 10.6 Å². The van der Waals surface area contributed by atoms with Crippen LogP contribution in [0.4, 0.5) is 5.69 Å². The molecule has 18 heavy (non-hydrogen) atoms. The van der Waals surface area contributed by atoms with Gasteiger partial charge in [0.25, 0.3) is 0 Å². The molecular formula is C13H18N2O3. The summed E-state index contributed by atoms with van der Waals surface area (Å²) in [5.41, 5.74) is 0.667. The molecule has 1 unspecified atom stereocenters. The van der Waals surface area contributed by atoms with Gasteiger partial charge in [0.1, 0.15) is 11.8 Å². The lowest BCUT2D eigenvalue weighted by Gasteiger charge is -2.13. The highest BCUT2D eigenvalue weighted by Gasteiger charge is 2.13. The second-order valence-electron chi connectivity index (χ2n) is 3.87. The Morgan fingerprint density at radius 2 is 1.89 bits per heavy atom. The van der Waals surface area contributed by atoms with Crippen molar-refractivity contribution in [3.63, 3.8) is 0 Å². The van der Waals surface area contributed by atoms with Gasteiger partial charge in [-0.3, -0.25) is 9.59 Å². The summed E-state index contributed by atoms with van der Waals surface area (Å²) in [4.78, 5) is 22.5. The molecule has 1 aromatic carbocycles. The summed E-state index contributed by atoms with van der Waals surface area (Å²) in [5, 5.41) is 5.23. The van der Waals surface area contributed by atoms with Crippen LogP contribution in [0.3, 0.4) is 0 Å². The number of nitrogens with one attached hydrogen (secondary N) is 2. The summed E-state index contributed by atoms with van der Waals surface area (Å²) < 4.78 is 5.30. The standard InChI is InChI=1S/C13H18N2O3/c1-4-18-12-7-5-11(6-8-12)15-13(17)9(2)14-10(3)16/h5-9H,4H2,1-3H3,(H,14,16)(H,15,17). The van der Waals surface area contributed by atoms with Crippen molar-refractivity contribution in [1.29, 1.82) is 0 Å². The number of carbonyl (C=O) groups excluding carboxylic acids is 2. The average molecular weight is 250 g/mol. The normalized spacial score (nSPS) is 11.5. The van der Waals surface area contributed by atoms with Crippen LogP contribution in [0.15, 0.2) is 24.3 Å². The van der Waals surface area contributed by atoms with Crippen molar-refractivity contribution in [2.75, 3.05) is 11.9 Å². The highest BCUT2D eigenvalue weighted by Crippen LogP contribution is 2.15. The van der Waals surface area contributed by atoms with Crippen LogP contribution in [-0.4, -0.2) is 24.5 Å². The van der Waals surface area contributed by atoms with Gasteiger partial charge in [0, 0.05) is 12.6 Å². The van der Waals surface area contributed by atoms with E-state index >= 15 is 0 Å². The molecule has 0 aliphatic heterocycles. The first-order chi connectivity index (χ1) is 8.52. The van der Waals surface area contributed by atoms with Crippen molar-refractivity contribution >= 4 is 17.5 Å². The molecule has 1 atom stereocenters. The van der Waals surface area contributed by atoms with E-state index in [4.69, 9.17) is 4.74 Å². The smallest absolute Gasteiger partial charge is 0.246 e. The average Bonchev–Trinajstić information content (AvgIpc) is 2.31. The third-order valence-corrected chi connectivity index (χ3v) is 2.25. The molecule has 0 spiro atoms. The Morgan fingerprint density at radius 1 is 1.28 bits per heavy atom. The van der Waals surface area contributed by atoms with Crippen LogP contribution in [-0.2, 0) is 9.59 Å². The fourth-order valence-corrected chi connectivity index (χ4v) is 1.42. The summed E-state index contributed by atoms with van der Waals surface area (Å²) in [6.07, 6.45) is 0. The largest absolute Gasteiger partial charge is 0.494 e. The third kappa shape index (κ3) is 4.45. The maximum atomic E-state index is 11.7. The number of ether oxygens (including phenoxy) is 1. The molecule has 0 aromatic heterocycles. The molecule has 1 rings (SSSR count). The van der Waals surface area contributed by atoms with E-state index in [1.54, 1.807) is 31.2 Å². The van der Waals surface area contributed by atoms with Crippen LogP contribution in [0.25, 0.3) is 0 Å². The molecule has 1 aromatic rings. The molecule has 0 saturated carbocycles. The van der Waals surface area contributed by atoms with Crippen LogP contribution < -0.4 is 15.4 Å². The zero-order valence-electron chi connectivity index (χ0n) is 10.8. The summed E-state index contributed by atoms with van der Waals surface area (Å²) >= 11 is 0. The number of benzene rings is 1. The number of carbonyl (C=O) groups is 2. The van der Waals surface area contributed by atoms with Crippen LogP contribution in [0.1, 0.15) is 20.8 Å². The van der Waals surface area contributed by atoms with Gasteiger partial charge in [-0.1, -0.05) is 0 Å². The molecule has 5 heteroatoms. The second-order valence-corrected chi connectivity index (χ2v) is 3.87. The topological polar surface area (TPSA) is 67.4 Å². The van der Waals surface area contributed by atoms with Gasteiger partial charge >= 0.3 is 0 Å². The van der Waals surface area contributed by atoms with Crippen molar-refractivity contribution in [2.24, 2.45) is 0 Å². The van der Waals surface area contributed by atoms with Crippen molar-refractivity contribution in [1.82, 2.24) is 5.32 Å². The number of rotatable bonds is 5. The molecule has 0 heterocycles. The Bertz CT molecular complexity index is 415. The highest BCUT2D eigenvalue weighted by atomic mass is 16.5. The van der Waals surface area contributed by atoms with Crippen LogP contribution in [0, 0.1) is 0 Å². The van der Waals surface area contributed by atoms with E-state index in [0.29, 0.717) is 12.3 Å². The van der Waals surface area contributed by atoms with E-state index in [9.17, 15) is 9.59 Å². The number of hydrogen-bond donors (Lipinski definition) is 2. The summed E-state index contributed by atoms with van der Waals surface area (Å²) in [6, 6.07) is 6.51. The third-order valence-electron chi connectivity index (χ3n) is 2.25. The summed E-state index contributed by atoms with van der Waals surface area (Å²) in [7, 11) is 0. The first-order valence-electron chi connectivity index (χ1n) is 5.83. The monoisotopic (exact) mass is 250 g/mol. The Morgan fingerprint density at radius 3 is 2.39 bits per heavy atom. The van der Waals surface area contributed by atoms with E-state index in [-0.39, 0.29) is 11.8 Å². The highest BCUT2D eigenvalue weighted by molar-refractivity contribution is 5.96. The van der Waals surface area contributed by atoms with E-state index < -0.39 is 6.04 Å². The quantitative estimate of drug-likeness (QED) is 0.833. The first-order valence-corrected chi connectivity index (χ1v) is 5.83. The number of hydrogen-bond acceptors (Lipinski definition) is 3. The zero-order chi connectivity index (χ0) is 13.5. The van der Waals surface area contributed by atoms with Gasteiger partial charge in [-0.15, -0.1) is 0 Å². The van der Waals surface area contributed by atoms with Crippen LogP contribution in [0.5, 0.6) is 5.75 Å². The second kappa shape index (κ2) is 6.64. The summed E-state index contributed by atoms with van der Waals surface area (Å²) in [6.45, 7) is 5.52. The zero-order valence-corrected chi connectivity index (χ0v) is 10.8. The fraction of sp³-hybridized carbons (Fsp3) is 0.385. The molecule has 0 aliphatic rings. The van der Waals surface area contributed by atoms with Crippen LogP contribution in [0.2, 0.25) is 0 Å². The molecule has 2 N–H and O–H groups in total. The van der Waals surface area contributed by atoms with E-state index in [1.807, 2.05) is 6.92 Å². The molecule has 5 nitrogen and oxygen atoms in total. The van der Waals surface area contributed by atoms with E-state index in [0.717, 1.165) is 5.75 Å². The van der Waals surface area contributed by atoms with Gasteiger partial charge in [-0.2, -0.15) is 0 Å². The Hall–Kier alpha value is -2.04. The Kier molecular flexibility index (Phi) is 5.17. The molecule has 0 saturated heterocycles. The lowest BCUT2D eigenvalue weighted by Crippen LogP contribution is -2.40. The van der Waals surface area contributed by atoms with Gasteiger partial charge in [0.2, 0.25) is 11.8 Å². The van der Waals surface area contributed by atoms with Gasteiger partial charge in [-0.05, 0) is 38.1 Å². The lowest BCUT2D eigenvalue weighted by atomic mass is 10.2. The van der Waals surface area contributed by atoms with Gasteiger partial charge in [0.05, 0.1) is 6.61 Å². The molecular weight excluding hydrogens is 232 g/mol. The minimum absolute atomic E-state index is 0.232. The molecule has 0 radical (unpaired) electrons. The van der Waals surface area contributed by atoms with E-state index in [1.165, 1.54) is 6.92 Å². The van der Waals surface area contributed by atoms with Crippen LogP contribution >= 0.6 is 0 Å². The lowest BCUT2D eigenvalue weighted by molar-refractivity contribution is -0.124. The minimum atomic E-state index is -0.561. The SMILES string of the molecule is CCOc1ccc(NC(=O)C(C)NC(C)=O)cc1. The maximum Gasteiger partial charge on any atom is 0.246 e. The summed E-state index contributed by atoms with van der Waals surface area (Å²) in [5.74, 6) is 0.268. The molecule has 98 valence electrons. The Labute approximate surface area is 107 Å². The van der Waals surface area contributed by atoms with Gasteiger partial charge in [-0.25, -0.2) is 0 Å². The maximum absolute atomic E-state index is 11.7. The molecule has 0 fully saturated rings. The number of anilines is 1. The number of amides is 2. The van der Waals surface area contributed by atoms with Crippen molar-refractivity contribution in [3.8, 4) is 5.75 Å². The van der Waals surface area contributed by atoms with Gasteiger partial charge in [0.15, 0.2) is 0 Å². The van der Waals surface area contributed by atoms with Gasteiger partial charge < -0.3 is 15.4 Å². The van der Waals surface area contributed by atoms with Crippen molar-refractivity contribution < 1.29 is 14.3 Å². The van der Waals surface area contributed by atoms with Crippen molar-refractivity contribution in [3.05, 3.63) is 24.3 Å². The Balaban J connectivity index is 2.56. The predicted molar refractivity (Wildman–Crippen MR) is 69.5 cm³/mol. The predicted octanol–water partition coefficient (Wildman–Crippen LogP) is 1.55. The molecule has 0 aliphatic carbocycles. The van der Waals surface area contributed by atoms with Crippen molar-refractivity contribution in [2.45, 2.75) is 26.8 Å². The minimum Gasteiger partial charge on any atom is -0.494 e. The molecule has 2 amide bonds. The fourth-order valence-electron chi connectivity index (χ4n) is 1.42. The first kappa shape index (κ1) is 14.0. The molecule has 0 bridgehead atoms.